The second-order valence-corrected chi connectivity index (χ2v) is 5.80. The largest absolute Gasteiger partial charge is 0.480 e. The van der Waals surface area contributed by atoms with Crippen LogP contribution in [0.1, 0.15) is 13.8 Å². The molecule has 4 N–H and O–H groups in total. The Morgan fingerprint density at radius 2 is 1.95 bits per heavy atom. The lowest BCUT2D eigenvalue weighted by molar-refractivity contribution is -0.140. The van der Waals surface area contributed by atoms with Crippen LogP contribution in [0, 0.1) is 5.92 Å². The molecule has 1 rings (SSSR count). The van der Waals surface area contributed by atoms with Crippen LogP contribution in [0.25, 0.3) is 0 Å². The lowest BCUT2D eigenvalue weighted by Crippen LogP contribution is -2.45. The Balaban J connectivity index is 3.21. The summed E-state index contributed by atoms with van der Waals surface area (Å²) in [5, 5.41) is 8.90. The first kappa shape index (κ1) is 15.1. The van der Waals surface area contributed by atoms with Gasteiger partial charge in [-0.15, -0.1) is 0 Å². The van der Waals surface area contributed by atoms with E-state index >= 15 is 0 Å². The van der Waals surface area contributed by atoms with E-state index in [0.29, 0.717) is 6.20 Å². The maximum atomic E-state index is 11.9. The molecule has 0 saturated heterocycles. The maximum absolute atomic E-state index is 11.9. The van der Waals surface area contributed by atoms with E-state index in [9.17, 15) is 22.8 Å². The van der Waals surface area contributed by atoms with Gasteiger partial charge in [-0.2, -0.15) is 4.72 Å². The van der Waals surface area contributed by atoms with Gasteiger partial charge in [0.25, 0.3) is 5.56 Å². The van der Waals surface area contributed by atoms with E-state index in [-0.39, 0.29) is 0 Å². The molecular weight excluding hydrogens is 278 g/mol. The van der Waals surface area contributed by atoms with Gasteiger partial charge in [0.15, 0.2) is 4.90 Å². The summed E-state index contributed by atoms with van der Waals surface area (Å²) in [6.07, 6.45) is 0.711. The van der Waals surface area contributed by atoms with Gasteiger partial charge in [0.1, 0.15) is 6.04 Å². The molecule has 0 fully saturated rings. The van der Waals surface area contributed by atoms with Crippen LogP contribution in [-0.2, 0) is 14.8 Å². The second-order valence-electron chi connectivity index (χ2n) is 4.12. The summed E-state index contributed by atoms with van der Waals surface area (Å²) in [4.78, 5) is 36.1. The molecular formula is C9H13N3O6S. The van der Waals surface area contributed by atoms with Gasteiger partial charge < -0.3 is 10.1 Å². The molecule has 1 heterocycles. The number of aliphatic carboxylic acids is 1. The lowest BCUT2D eigenvalue weighted by atomic mass is 10.1. The standard InChI is InChI=1S/C9H13N3O6S/c1-4(2)6(8(14)15)12-19(17,18)5-3-10-9(16)11-7(5)13/h3-4,6,12H,1-2H3,(H,14,15)(H2,10,11,13,16). The molecule has 0 aliphatic carbocycles. The molecule has 0 amide bonds. The van der Waals surface area contributed by atoms with Crippen molar-refractivity contribution >= 4 is 16.0 Å². The number of carboxylic acids is 1. The van der Waals surface area contributed by atoms with Crippen molar-refractivity contribution in [1.82, 2.24) is 14.7 Å². The second kappa shape index (κ2) is 5.36. The fourth-order valence-electron chi connectivity index (χ4n) is 1.30. The van der Waals surface area contributed by atoms with Gasteiger partial charge in [0.2, 0.25) is 10.0 Å². The van der Waals surface area contributed by atoms with Crippen molar-refractivity contribution in [2.75, 3.05) is 0 Å². The van der Waals surface area contributed by atoms with Crippen LogP contribution in [-0.4, -0.2) is 35.5 Å². The van der Waals surface area contributed by atoms with Crippen LogP contribution in [0.3, 0.4) is 0 Å². The molecule has 0 aliphatic rings. The first-order chi connectivity index (χ1) is 8.65. The average molecular weight is 291 g/mol. The Kier molecular flexibility index (Phi) is 4.27. The van der Waals surface area contributed by atoms with Crippen LogP contribution in [0.5, 0.6) is 0 Å². The summed E-state index contributed by atoms with van der Waals surface area (Å²) < 4.78 is 25.6. The van der Waals surface area contributed by atoms with Crippen molar-refractivity contribution < 1.29 is 18.3 Å². The minimum atomic E-state index is -4.34. The lowest BCUT2D eigenvalue weighted by Gasteiger charge is -2.17. The molecule has 0 aliphatic heterocycles. The highest BCUT2D eigenvalue weighted by molar-refractivity contribution is 7.89. The highest BCUT2D eigenvalue weighted by Gasteiger charge is 2.29. The predicted molar refractivity (Wildman–Crippen MR) is 64.3 cm³/mol. The number of rotatable bonds is 5. The maximum Gasteiger partial charge on any atom is 0.325 e. The topological polar surface area (TPSA) is 149 Å². The van der Waals surface area contributed by atoms with E-state index in [4.69, 9.17) is 5.11 Å². The normalized spacial score (nSPS) is 13.4. The number of carboxylic acid groups (broad SMARTS) is 1. The number of hydrogen-bond acceptors (Lipinski definition) is 5. The third-order valence-corrected chi connectivity index (χ3v) is 3.74. The molecule has 19 heavy (non-hydrogen) atoms. The van der Waals surface area contributed by atoms with Crippen molar-refractivity contribution in [2.24, 2.45) is 5.92 Å². The van der Waals surface area contributed by atoms with Gasteiger partial charge in [-0.1, -0.05) is 13.8 Å². The van der Waals surface area contributed by atoms with Gasteiger partial charge in [-0.25, -0.2) is 13.2 Å². The zero-order valence-corrected chi connectivity index (χ0v) is 10.9. The monoisotopic (exact) mass is 291 g/mol. The Labute approximate surface area is 107 Å². The Morgan fingerprint density at radius 3 is 2.37 bits per heavy atom. The third kappa shape index (κ3) is 3.51. The van der Waals surface area contributed by atoms with Crippen molar-refractivity contribution in [3.63, 3.8) is 0 Å². The molecule has 1 aromatic rings. The first-order valence-electron chi connectivity index (χ1n) is 5.22. The molecule has 0 bridgehead atoms. The van der Waals surface area contributed by atoms with Gasteiger partial charge in [0, 0.05) is 6.20 Å². The van der Waals surface area contributed by atoms with Crippen molar-refractivity contribution in [1.29, 1.82) is 0 Å². The first-order valence-corrected chi connectivity index (χ1v) is 6.70. The third-order valence-electron chi connectivity index (χ3n) is 2.29. The number of carbonyl (C=O) groups is 1. The van der Waals surface area contributed by atoms with E-state index in [1.54, 1.807) is 4.98 Å². The molecule has 0 spiro atoms. The zero-order valence-electron chi connectivity index (χ0n) is 10.1. The quantitative estimate of drug-likeness (QED) is 0.516. The predicted octanol–water partition coefficient (Wildman–Crippen LogP) is -1.55. The van der Waals surface area contributed by atoms with Crippen molar-refractivity contribution in [3.05, 3.63) is 27.0 Å². The Morgan fingerprint density at radius 1 is 1.37 bits per heavy atom. The summed E-state index contributed by atoms with van der Waals surface area (Å²) in [5.41, 5.74) is -1.98. The van der Waals surface area contributed by atoms with Crippen molar-refractivity contribution in [3.8, 4) is 0 Å². The molecule has 1 aromatic heterocycles. The molecule has 0 radical (unpaired) electrons. The number of aromatic nitrogens is 2. The highest BCUT2D eigenvalue weighted by atomic mass is 32.2. The number of hydrogen-bond donors (Lipinski definition) is 4. The van der Waals surface area contributed by atoms with Gasteiger partial charge >= 0.3 is 11.7 Å². The Bertz CT molecular complexity index is 686. The van der Waals surface area contributed by atoms with Gasteiger partial charge in [-0.05, 0) is 5.92 Å². The molecule has 106 valence electrons. The number of sulfonamides is 1. The number of H-pyrrole nitrogens is 2. The minimum absolute atomic E-state index is 0.519. The summed E-state index contributed by atoms with van der Waals surface area (Å²) >= 11 is 0. The van der Waals surface area contributed by atoms with Crippen molar-refractivity contribution in [2.45, 2.75) is 24.8 Å². The summed E-state index contributed by atoms with van der Waals surface area (Å²) in [5.74, 6) is -1.88. The van der Waals surface area contributed by atoms with E-state index in [1.165, 1.54) is 13.8 Å². The minimum Gasteiger partial charge on any atom is -0.480 e. The number of aromatic amines is 2. The number of nitrogens with one attached hydrogen (secondary N) is 3. The van der Waals surface area contributed by atoms with Crippen LogP contribution in [0.2, 0.25) is 0 Å². The molecule has 9 nitrogen and oxygen atoms in total. The van der Waals surface area contributed by atoms with Gasteiger partial charge in [0.05, 0.1) is 0 Å². The van der Waals surface area contributed by atoms with Gasteiger partial charge in [-0.3, -0.25) is 14.6 Å². The molecule has 1 unspecified atom stereocenters. The van der Waals surface area contributed by atoms with E-state index < -0.39 is 44.1 Å². The summed E-state index contributed by atoms with van der Waals surface area (Å²) in [7, 11) is -4.34. The van der Waals surface area contributed by atoms with Crippen LogP contribution < -0.4 is 16.0 Å². The van der Waals surface area contributed by atoms with E-state index in [1.807, 2.05) is 9.71 Å². The van der Waals surface area contributed by atoms with Crippen LogP contribution in [0.4, 0.5) is 0 Å². The van der Waals surface area contributed by atoms with E-state index in [0.717, 1.165) is 0 Å². The highest BCUT2D eigenvalue weighted by Crippen LogP contribution is 2.07. The Hall–Kier alpha value is -1.94. The summed E-state index contributed by atoms with van der Waals surface area (Å²) in [6.45, 7) is 3.02. The smallest absolute Gasteiger partial charge is 0.325 e. The molecule has 0 aromatic carbocycles. The SMILES string of the molecule is CC(C)C(NS(=O)(=O)c1c[nH]c(=O)[nH]c1=O)C(=O)O. The zero-order chi connectivity index (χ0) is 14.8. The molecule has 1 atom stereocenters. The average Bonchev–Trinajstić information content (AvgIpc) is 2.24. The van der Waals surface area contributed by atoms with Crippen LogP contribution >= 0.6 is 0 Å². The fourth-order valence-corrected chi connectivity index (χ4v) is 2.64. The van der Waals surface area contributed by atoms with Crippen LogP contribution in [0.15, 0.2) is 20.7 Å². The molecule has 10 heteroatoms. The van der Waals surface area contributed by atoms with E-state index in [2.05, 4.69) is 0 Å². The molecule has 0 saturated carbocycles. The fraction of sp³-hybridized carbons (Fsp3) is 0.444. The summed E-state index contributed by atoms with van der Waals surface area (Å²) in [6, 6.07) is -1.38.